The third kappa shape index (κ3) is 5.31. The van der Waals surface area contributed by atoms with Gasteiger partial charge in [-0.15, -0.1) is 0 Å². The molecule has 7 heteroatoms. The van der Waals surface area contributed by atoms with Crippen molar-refractivity contribution in [2.24, 2.45) is 7.05 Å². The Balaban J connectivity index is 1.53. The Morgan fingerprint density at radius 2 is 1.21 bits per heavy atom. The molecule has 7 aromatic rings. The van der Waals surface area contributed by atoms with Gasteiger partial charge in [-0.3, -0.25) is 0 Å². The monoisotopic (exact) mass is 734 g/mol. The van der Waals surface area contributed by atoms with Crippen molar-refractivity contribution in [2.45, 2.75) is 0 Å². The summed E-state index contributed by atoms with van der Waals surface area (Å²) in [7, 11) is 2.05. The van der Waals surface area contributed by atoms with Crippen LogP contribution in [-0.4, -0.2) is 30.8 Å². The van der Waals surface area contributed by atoms with Crippen molar-refractivity contribution < 1.29 is 19.4 Å². The summed E-state index contributed by atoms with van der Waals surface area (Å²) >= 11 is 2.36. The first-order chi connectivity index (χ1) is 21.2. The summed E-state index contributed by atoms with van der Waals surface area (Å²) in [4.78, 5) is 0. The molecule has 5 aromatic carbocycles. The van der Waals surface area contributed by atoms with E-state index >= 15 is 0 Å². The first-order valence-electron chi connectivity index (χ1n) is 14.0. The Morgan fingerprint density at radius 1 is 0.628 bits per heavy atom. The van der Waals surface area contributed by atoms with Crippen LogP contribution in [0.4, 0.5) is 0 Å². The second-order valence-electron chi connectivity index (χ2n) is 10.3. The molecular formula is C36H26BN5Pt-2. The van der Waals surface area contributed by atoms with Gasteiger partial charge in [-0.25, -0.2) is 0 Å². The van der Waals surface area contributed by atoms with Gasteiger partial charge in [0, 0.05) is 0 Å². The van der Waals surface area contributed by atoms with Gasteiger partial charge < -0.3 is 0 Å². The second-order valence-corrected chi connectivity index (χ2v) is 11.3. The number of aromatic nitrogens is 5. The standard InChI is InChI=1S/C36H26BN5.Pt/c1-40-23-24-41(27-40)32-17-8-15-30(25-32)37(31-16-9-18-33(26-31)42-22-21-38-39-42)36-34(28-11-4-2-5-12-28)19-10-20-35(36)29-13-6-3-7-14-29;/h2-24H,1H3;/q-2;. The first kappa shape index (κ1) is 27.1. The first-order valence-corrected chi connectivity index (χ1v) is 15.2. The SMILES string of the molecule is Cn1ccn(-c2[c-]c(B(c3[c-]c(-n4ccnn4)ccc3)c3c(-c4ccccc4)cccc3-c3ccccc3)ccc2)[c]1=[Pt]. The van der Waals surface area contributed by atoms with Gasteiger partial charge in [0.05, 0.1) is 0 Å². The van der Waals surface area contributed by atoms with Gasteiger partial charge in [-0.1, -0.05) is 0 Å². The van der Waals surface area contributed by atoms with Gasteiger partial charge in [0.25, 0.3) is 0 Å². The van der Waals surface area contributed by atoms with Crippen LogP contribution in [0.5, 0.6) is 0 Å². The third-order valence-corrected chi connectivity index (χ3v) is 8.96. The van der Waals surface area contributed by atoms with Crippen molar-refractivity contribution in [3.05, 3.63) is 156 Å². The van der Waals surface area contributed by atoms with Gasteiger partial charge in [-0.05, 0) is 0 Å². The summed E-state index contributed by atoms with van der Waals surface area (Å²) in [6, 6.07) is 48.0. The van der Waals surface area contributed by atoms with Crippen molar-refractivity contribution >= 4 is 23.1 Å². The van der Waals surface area contributed by atoms with E-state index in [4.69, 9.17) is 0 Å². The fraction of sp³-hybridized carbons (Fsp3) is 0.0278. The van der Waals surface area contributed by atoms with Crippen molar-refractivity contribution in [1.29, 1.82) is 0 Å². The van der Waals surface area contributed by atoms with Gasteiger partial charge in [0.2, 0.25) is 0 Å². The van der Waals surface area contributed by atoms with E-state index in [0.29, 0.717) is 0 Å². The Hall–Kier alpha value is -4.80. The Labute approximate surface area is 262 Å². The molecule has 0 saturated heterocycles. The van der Waals surface area contributed by atoms with E-state index in [-0.39, 0.29) is 6.71 Å². The summed E-state index contributed by atoms with van der Waals surface area (Å²) < 4.78 is 7.12. The van der Waals surface area contributed by atoms with E-state index in [0.717, 1.165) is 37.2 Å². The Kier molecular flexibility index (Phi) is 7.44. The minimum atomic E-state index is -0.183. The third-order valence-electron chi connectivity index (χ3n) is 7.61. The average Bonchev–Trinajstić information content (AvgIpc) is 3.73. The van der Waals surface area contributed by atoms with E-state index in [9.17, 15) is 0 Å². The van der Waals surface area contributed by atoms with Gasteiger partial charge in [-0.2, -0.15) is 0 Å². The topological polar surface area (TPSA) is 40.6 Å². The molecule has 0 aliphatic heterocycles. The van der Waals surface area contributed by atoms with E-state index in [1.165, 1.54) is 16.6 Å². The molecule has 0 fully saturated rings. The molecule has 0 bridgehead atoms. The normalized spacial score (nSPS) is 11.0. The van der Waals surface area contributed by atoms with Crippen LogP contribution in [0.3, 0.4) is 0 Å². The molecule has 7 rings (SSSR count). The van der Waals surface area contributed by atoms with Crippen LogP contribution in [0, 0.1) is 15.9 Å². The second kappa shape index (κ2) is 11.8. The number of hydrogen-bond donors (Lipinski definition) is 0. The van der Waals surface area contributed by atoms with Crippen LogP contribution in [-0.2, 0) is 26.4 Å². The number of aryl methyl sites for hydroxylation is 1. The molecule has 0 aliphatic carbocycles. The molecule has 210 valence electrons. The number of imidazole rings is 1. The predicted molar refractivity (Wildman–Crippen MR) is 169 cm³/mol. The zero-order valence-electron chi connectivity index (χ0n) is 23.4. The van der Waals surface area contributed by atoms with Crippen molar-refractivity contribution in [3.63, 3.8) is 0 Å². The quantitative estimate of drug-likeness (QED) is 0.173. The van der Waals surface area contributed by atoms with Crippen LogP contribution in [0.25, 0.3) is 33.6 Å². The Morgan fingerprint density at radius 3 is 1.77 bits per heavy atom. The van der Waals surface area contributed by atoms with Crippen LogP contribution in [0.2, 0.25) is 0 Å². The van der Waals surface area contributed by atoms with E-state index < -0.39 is 0 Å². The maximum absolute atomic E-state index is 4.25. The number of nitrogens with zero attached hydrogens (tertiary/aromatic N) is 5. The molecule has 5 nitrogen and oxygen atoms in total. The van der Waals surface area contributed by atoms with E-state index in [1.807, 2.05) is 12.3 Å². The number of rotatable bonds is 7. The number of hydrogen-bond acceptors (Lipinski definition) is 2. The molecule has 0 spiro atoms. The predicted octanol–water partition coefficient (Wildman–Crippen LogP) is 4.93. The molecule has 0 unspecified atom stereocenters. The van der Waals surface area contributed by atoms with Gasteiger partial charge >= 0.3 is 263 Å². The van der Waals surface area contributed by atoms with Gasteiger partial charge in [0.15, 0.2) is 0 Å². The molecule has 2 aromatic heterocycles. The molecule has 0 amide bonds. The van der Waals surface area contributed by atoms with E-state index in [1.54, 1.807) is 10.9 Å². The van der Waals surface area contributed by atoms with Crippen molar-refractivity contribution in [1.82, 2.24) is 24.1 Å². The molecule has 0 atom stereocenters. The fourth-order valence-corrected chi connectivity index (χ4v) is 6.22. The van der Waals surface area contributed by atoms with Crippen LogP contribution >= 0.6 is 0 Å². The van der Waals surface area contributed by atoms with Gasteiger partial charge in [0.1, 0.15) is 0 Å². The van der Waals surface area contributed by atoms with Crippen LogP contribution < -0.4 is 16.4 Å². The maximum atomic E-state index is 4.25. The summed E-state index contributed by atoms with van der Waals surface area (Å²) in [5, 5.41) is 8.28. The summed E-state index contributed by atoms with van der Waals surface area (Å²) in [5.74, 6) is 0. The van der Waals surface area contributed by atoms with Crippen molar-refractivity contribution in [2.75, 3.05) is 0 Å². The van der Waals surface area contributed by atoms with E-state index in [2.05, 4.69) is 180 Å². The molecule has 2 heterocycles. The zero-order chi connectivity index (χ0) is 29.2. The Bertz CT molecular complexity index is 2010. The van der Waals surface area contributed by atoms with Crippen LogP contribution in [0.15, 0.2) is 140 Å². The zero-order valence-corrected chi connectivity index (χ0v) is 25.7. The fourth-order valence-electron chi connectivity index (χ4n) is 5.61. The van der Waals surface area contributed by atoms with Crippen molar-refractivity contribution in [3.8, 4) is 33.6 Å². The average molecular weight is 735 g/mol. The number of benzene rings is 5. The molecule has 43 heavy (non-hydrogen) atoms. The molecule has 0 radical (unpaired) electrons. The summed E-state index contributed by atoms with van der Waals surface area (Å²) in [6.07, 6.45) is 7.68. The molecular weight excluding hydrogens is 708 g/mol. The minimum absolute atomic E-state index is 0.183. The van der Waals surface area contributed by atoms with Crippen LogP contribution in [0.1, 0.15) is 0 Å². The molecule has 0 aliphatic rings. The molecule has 0 saturated carbocycles. The summed E-state index contributed by atoms with van der Waals surface area (Å²) in [6.45, 7) is -0.183. The molecule has 0 N–H and O–H groups in total. The summed E-state index contributed by atoms with van der Waals surface area (Å²) in [5.41, 5.74) is 9.77.